The number of rotatable bonds is 4. The lowest BCUT2D eigenvalue weighted by molar-refractivity contribution is 0.0690. The van der Waals surface area contributed by atoms with Crippen molar-refractivity contribution in [1.29, 1.82) is 5.26 Å². The number of carbonyl (C=O) groups is 1. The number of benzene rings is 2. The van der Waals surface area contributed by atoms with E-state index in [1.54, 1.807) is 21.7 Å². The lowest BCUT2D eigenvalue weighted by Crippen LogP contribution is -2.50. The molecular weight excluding hydrogens is 469 g/mol. The third-order valence-corrected chi connectivity index (χ3v) is 8.51. The Morgan fingerprint density at radius 3 is 2.26 bits per heavy atom. The van der Waals surface area contributed by atoms with E-state index in [1.165, 1.54) is 40.7 Å². The van der Waals surface area contributed by atoms with Crippen molar-refractivity contribution in [3.63, 3.8) is 0 Å². The standard InChI is InChI=1S/C25H24FN5O3S/c26-19-7-9-20(10-8-19)31-23-4-2-1-3-22(23)24(28-31)25(32)29-13-15-30(16-14-29)35(33,34)21-11-5-18(17-27)6-12-21/h5-12H,1-4,13-16H2. The molecule has 1 amide bonds. The van der Waals surface area contributed by atoms with Gasteiger partial charge in [-0.3, -0.25) is 4.79 Å². The molecule has 8 nitrogen and oxygen atoms in total. The van der Waals surface area contributed by atoms with Crippen molar-refractivity contribution in [3.8, 4) is 11.8 Å². The van der Waals surface area contributed by atoms with Gasteiger partial charge in [-0.2, -0.15) is 14.7 Å². The normalized spacial score (nSPS) is 16.5. The fourth-order valence-electron chi connectivity index (χ4n) is 4.70. The number of aromatic nitrogens is 2. The van der Waals surface area contributed by atoms with Gasteiger partial charge in [-0.1, -0.05) is 0 Å². The van der Waals surface area contributed by atoms with Crippen molar-refractivity contribution >= 4 is 15.9 Å². The summed E-state index contributed by atoms with van der Waals surface area (Å²) in [7, 11) is -3.72. The number of nitrogens with zero attached hydrogens (tertiary/aromatic N) is 5. The van der Waals surface area contributed by atoms with E-state index in [2.05, 4.69) is 5.10 Å². The molecule has 0 unspecified atom stereocenters. The Hall–Kier alpha value is -3.55. The Bertz CT molecular complexity index is 1400. The summed E-state index contributed by atoms with van der Waals surface area (Å²) < 4.78 is 42.5. The van der Waals surface area contributed by atoms with E-state index < -0.39 is 10.0 Å². The summed E-state index contributed by atoms with van der Waals surface area (Å²) in [5, 5.41) is 13.6. The molecule has 0 N–H and O–H groups in total. The van der Waals surface area contributed by atoms with E-state index >= 15 is 0 Å². The van der Waals surface area contributed by atoms with Crippen LogP contribution < -0.4 is 0 Å². The van der Waals surface area contributed by atoms with Gasteiger partial charge in [0.1, 0.15) is 5.82 Å². The van der Waals surface area contributed by atoms with Gasteiger partial charge in [0, 0.05) is 37.4 Å². The molecule has 2 aromatic carbocycles. The molecule has 2 aliphatic rings. The molecule has 180 valence electrons. The highest BCUT2D eigenvalue weighted by molar-refractivity contribution is 7.89. The number of hydrogen-bond acceptors (Lipinski definition) is 5. The van der Waals surface area contributed by atoms with E-state index in [1.807, 2.05) is 6.07 Å². The SMILES string of the molecule is N#Cc1ccc(S(=O)(=O)N2CCN(C(=O)c3nn(-c4ccc(F)cc4)c4c3CCCC4)CC2)cc1. The van der Waals surface area contributed by atoms with Gasteiger partial charge in [-0.25, -0.2) is 17.5 Å². The zero-order chi connectivity index (χ0) is 24.6. The molecule has 1 aliphatic heterocycles. The molecule has 35 heavy (non-hydrogen) atoms. The summed E-state index contributed by atoms with van der Waals surface area (Å²) >= 11 is 0. The highest BCUT2D eigenvalue weighted by atomic mass is 32.2. The molecule has 1 aromatic heterocycles. The monoisotopic (exact) mass is 493 g/mol. The van der Waals surface area contributed by atoms with E-state index in [-0.39, 0.29) is 42.8 Å². The molecule has 1 saturated heterocycles. The van der Waals surface area contributed by atoms with Gasteiger partial charge in [0.15, 0.2) is 5.69 Å². The Morgan fingerprint density at radius 2 is 1.60 bits per heavy atom. The molecule has 10 heteroatoms. The van der Waals surface area contributed by atoms with Crippen molar-refractivity contribution in [2.75, 3.05) is 26.2 Å². The number of fused-ring (bicyclic) bond motifs is 1. The molecule has 1 fully saturated rings. The maximum absolute atomic E-state index is 13.5. The first-order valence-corrected chi connectivity index (χ1v) is 13.0. The van der Waals surface area contributed by atoms with Crippen LogP contribution in [0.5, 0.6) is 0 Å². The first-order valence-electron chi connectivity index (χ1n) is 11.5. The van der Waals surface area contributed by atoms with Crippen molar-refractivity contribution in [2.45, 2.75) is 30.6 Å². The van der Waals surface area contributed by atoms with Crippen molar-refractivity contribution in [3.05, 3.63) is 76.9 Å². The Kier molecular flexibility index (Phi) is 6.13. The molecule has 5 rings (SSSR count). The Morgan fingerprint density at radius 1 is 0.943 bits per heavy atom. The van der Waals surface area contributed by atoms with Gasteiger partial charge in [0.05, 0.1) is 22.2 Å². The zero-order valence-electron chi connectivity index (χ0n) is 19.0. The van der Waals surface area contributed by atoms with E-state index in [9.17, 15) is 17.6 Å². The number of carbonyl (C=O) groups excluding carboxylic acids is 1. The summed E-state index contributed by atoms with van der Waals surface area (Å²) in [4.78, 5) is 15.2. The second kappa shape index (κ2) is 9.24. The van der Waals surface area contributed by atoms with Gasteiger partial charge >= 0.3 is 0 Å². The topological polar surface area (TPSA) is 99.3 Å². The Labute approximate surface area is 203 Å². The molecule has 0 saturated carbocycles. The Balaban J connectivity index is 1.35. The molecule has 0 spiro atoms. The highest BCUT2D eigenvalue weighted by Gasteiger charge is 2.33. The molecule has 0 atom stereocenters. The summed E-state index contributed by atoms with van der Waals surface area (Å²) in [5.74, 6) is -0.542. The number of amides is 1. The van der Waals surface area contributed by atoms with Crippen LogP contribution in [0.15, 0.2) is 53.4 Å². The third-order valence-electron chi connectivity index (χ3n) is 6.60. The average Bonchev–Trinajstić information content (AvgIpc) is 3.28. The number of nitriles is 1. The molecular formula is C25H24FN5O3S. The summed E-state index contributed by atoms with van der Waals surface area (Å²) in [6, 6.07) is 13.9. The first-order chi connectivity index (χ1) is 16.9. The van der Waals surface area contributed by atoms with Crippen molar-refractivity contribution in [1.82, 2.24) is 19.0 Å². The lowest BCUT2D eigenvalue weighted by Gasteiger charge is -2.33. The molecule has 1 aliphatic carbocycles. The molecule has 2 heterocycles. The number of halogens is 1. The van der Waals surface area contributed by atoms with Crippen LogP contribution in [0, 0.1) is 17.1 Å². The first kappa shape index (κ1) is 23.2. The van der Waals surface area contributed by atoms with Gasteiger partial charge in [-0.15, -0.1) is 0 Å². The predicted octanol–water partition coefficient (Wildman–Crippen LogP) is 2.91. The predicted molar refractivity (Wildman–Crippen MR) is 126 cm³/mol. The van der Waals surface area contributed by atoms with Crippen LogP contribution in [0.25, 0.3) is 5.69 Å². The smallest absolute Gasteiger partial charge is 0.274 e. The minimum absolute atomic E-state index is 0.128. The van der Waals surface area contributed by atoms with Crippen LogP contribution in [0.2, 0.25) is 0 Å². The average molecular weight is 494 g/mol. The highest BCUT2D eigenvalue weighted by Crippen LogP contribution is 2.28. The van der Waals surface area contributed by atoms with Crippen LogP contribution in [-0.4, -0.2) is 59.5 Å². The number of sulfonamides is 1. The second-order valence-corrected chi connectivity index (χ2v) is 10.6. The lowest BCUT2D eigenvalue weighted by atomic mass is 9.95. The summed E-state index contributed by atoms with van der Waals surface area (Å²) in [6.07, 6.45) is 3.52. The quantitative estimate of drug-likeness (QED) is 0.557. The van der Waals surface area contributed by atoms with Crippen LogP contribution in [0.3, 0.4) is 0 Å². The van der Waals surface area contributed by atoms with Crippen LogP contribution in [-0.2, 0) is 22.9 Å². The van der Waals surface area contributed by atoms with Gasteiger partial charge in [0.2, 0.25) is 10.0 Å². The fourth-order valence-corrected chi connectivity index (χ4v) is 6.12. The minimum atomic E-state index is -3.72. The zero-order valence-corrected chi connectivity index (χ0v) is 19.8. The van der Waals surface area contributed by atoms with E-state index in [0.29, 0.717) is 16.9 Å². The van der Waals surface area contributed by atoms with E-state index in [4.69, 9.17) is 5.26 Å². The van der Waals surface area contributed by atoms with Crippen LogP contribution in [0.1, 0.15) is 40.2 Å². The minimum Gasteiger partial charge on any atom is -0.335 e. The van der Waals surface area contributed by atoms with E-state index in [0.717, 1.165) is 36.9 Å². The maximum Gasteiger partial charge on any atom is 0.274 e. The van der Waals surface area contributed by atoms with Crippen molar-refractivity contribution < 1.29 is 17.6 Å². The van der Waals surface area contributed by atoms with Crippen LogP contribution >= 0.6 is 0 Å². The number of hydrogen-bond donors (Lipinski definition) is 0. The fraction of sp³-hybridized carbons (Fsp3) is 0.320. The molecule has 3 aromatic rings. The second-order valence-electron chi connectivity index (χ2n) is 8.70. The third kappa shape index (κ3) is 4.33. The molecule has 0 bridgehead atoms. The van der Waals surface area contributed by atoms with Gasteiger partial charge in [-0.05, 0) is 74.2 Å². The largest absolute Gasteiger partial charge is 0.335 e. The summed E-state index contributed by atoms with van der Waals surface area (Å²) in [6.45, 7) is 0.864. The molecule has 0 radical (unpaired) electrons. The van der Waals surface area contributed by atoms with Gasteiger partial charge < -0.3 is 4.90 Å². The maximum atomic E-state index is 13.5. The van der Waals surface area contributed by atoms with Gasteiger partial charge in [0.25, 0.3) is 5.91 Å². The number of piperazine rings is 1. The summed E-state index contributed by atoms with van der Waals surface area (Å²) in [5.41, 5.74) is 3.41. The van der Waals surface area contributed by atoms with Crippen LogP contribution in [0.4, 0.5) is 4.39 Å². The van der Waals surface area contributed by atoms with Crippen molar-refractivity contribution in [2.24, 2.45) is 0 Å².